The molecule has 80 valence electrons. The van der Waals surface area contributed by atoms with Crippen LogP contribution in [-0.2, 0) is 4.74 Å². The van der Waals surface area contributed by atoms with Gasteiger partial charge in [0.25, 0.3) is 0 Å². The number of hydrogen-bond donors (Lipinski definition) is 0. The largest absolute Gasteiger partial charge is 0.383 e. The summed E-state index contributed by atoms with van der Waals surface area (Å²) in [6, 6.07) is 0.468. The highest BCUT2D eigenvalue weighted by atomic mass is 19.1. The van der Waals surface area contributed by atoms with Gasteiger partial charge in [-0.15, -0.1) is 0 Å². The van der Waals surface area contributed by atoms with E-state index in [1.807, 2.05) is 13.8 Å². The molecule has 1 rings (SSSR count). The van der Waals surface area contributed by atoms with Crippen LogP contribution < -0.4 is 0 Å². The Balaban J connectivity index is 0.000000671. The predicted octanol–water partition coefficient (Wildman–Crippen LogP) is 2.09. The number of alkyl halides is 1. The van der Waals surface area contributed by atoms with Crippen molar-refractivity contribution < 1.29 is 9.13 Å². The lowest BCUT2D eigenvalue weighted by atomic mass is 10.2. The second-order valence-electron chi connectivity index (χ2n) is 2.98. The molecule has 1 atom stereocenters. The summed E-state index contributed by atoms with van der Waals surface area (Å²) < 4.78 is 17.0. The van der Waals surface area contributed by atoms with Crippen LogP contribution in [0.3, 0.4) is 0 Å². The van der Waals surface area contributed by atoms with Gasteiger partial charge < -0.3 is 4.74 Å². The van der Waals surface area contributed by atoms with E-state index >= 15 is 0 Å². The minimum Gasteiger partial charge on any atom is -0.383 e. The molecule has 1 saturated heterocycles. The average Bonchev–Trinajstić information content (AvgIpc) is 2.58. The second kappa shape index (κ2) is 8.45. The van der Waals surface area contributed by atoms with Gasteiger partial charge in [0.1, 0.15) is 6.67 Å². The van der Waals surface area contributed by atoms with Gasteiger partial charge >= 0.3 is 0 Å². The van der Waals surface area contributed by atoms with Crippen LogP contribution in [0.5, 0.6) is 0 Å². The van der Waals surface area contributed by atoms with Crippen LogP contribution >= 0.6 is 0 Å². The van der Waals surface area contributed by atoms with Crippen LogP contribution in [0.25, 0.3) is 0 Å². The van der Waals surface area contributed by atoms with Crippen LogP contribution in [0.2, 0.25) is 0 Å². The Bertz CT molecular complexity index is 99.1. The van der Waals surface area contributed by atoms with Crippen LogP contribution in [0.15, 0.2) is 0 Å². The van der Waals surface area contributed by atoms with Crippen molar-refractivity contribution in [3.8, 4) is 0 Å². The molecule has 0 aromatic heterocycles. The Hall–Kier alpha value is -0.150. The molecule has 1 fully saturated rings. The molecule has 0 amide bonds. The van der Waals surface area contributed by atoms with Gasteiger partial charge in [0.2, 0.25) is 0 Å². The topological polar surface area (TPSA) is 12.5 Å². The lowest BCUT2D eigenvalue weighted by Crippen LogP contribution is -2.34. The van der Waals surface area contributed by atoms with Gasteiger partial charge in [-0.05, 0) is 19.4 Å². The highest BCUT2D eigenvalue weighted by molar-refractivity contribution is 4.78. The third kappa shape index (κ3) is 4.58. The summed E-state index contributed by atoms with van der Waals surface area (Å²) in [7, 11) is 1.70. The number of nitrogens with zero attached hydrogens (tertiary/aromatic N) is 1. The van der Waals surface area contributed by atoms with Crippen molar-refractivity contribution in [2.45, 2.75) is 32.7 Å². The molecule has 1 aliphatic heterocycles. The zero-order valence-corrected chi connectivity index (χ0v) is 9.05. The molecule has 0 radical (unpaired) electrons. The van der Waals surface area contributed by atoms with Gasteiger partial charge in [-0.25, -0.2) is 4.39 Å². The Morgan fingerprint density at radius 2 is 2.15 bits per heavy atom. The minimum atomic E-state index is -0.236. The van der Waals surface area contributed by atoms with Crippen molar-refractivity contribution >= 4 is 0 Å². The van der Waals surface area contributed by atoms with Crippen LogP contribution in [0.4, 0.5) is 4.39 Å². The van der Waals surface area contributed by atoms with E-state index in [1.54, 1.807) is 7.11 Å². The Morgan fingerprint density at radius 3 is 2.69 bits per heavy atom. The van der Waals surface area contributed by atoms with Gasteiger partial charge in [-0.2, -0.15) is 0 Å². The highest BCUT2D eigenvalue weighted by Gasteiger charge is 2.23. The number of ether oxygens (including phenoxy) is 1. The van der Waals surface area contributed by atoms with E-state index in [2.05, 4.69) is 4.90 Å². The van der Waals surface area contributed by atoms with Gasteiger partial charge in [0.05, 0.1) is 6.61 Å². The lowest BCUT2D eigenvalue weighted by Gasteiger charge is -2.21. The third-order valence-electron chi connectivity index (χ3n) is 2.23. The second-order valence-corrected chi connectivity index (χ2v) is 2.98. The first-order chi connectivity index (χ1) is 6.38. The first kappa shape index (κ1) is 12.8. The maximum atomic E-state index is 12.0. The van der Waals surface area contributed by atoms with Crippen molar-refractivity contribution in [1.29, 1.82) is 0 Å². The zero-order chi connectivity index (χ0) is 10.1. The van der Waals surface area contributed by atoms with Crippen molar-refractivity contribution in [2.75, 3.05) is 33.5 Å². The Labute approximate surface area is 81.1 Å². The first-order valence-electron chi connectivity index (χ1n) is 5.17. The van der Waals surface area contributed by atoms with E-state index in [-0.39, 0.29) is 6.67 Å². The summed E-state index contributed by atoms with van der Waals surface area (Å²) in [4.78, 5) is 2.17. The standard InChI is InChI=1S/C8H16FNO.C2H6/c1-11-7-8-3-2-5-10(8)6-4-9;1-2/h8H,2-7H2,1H3;1-2H3. The van der Waals surface area contributed by atoms with E-state index in [9.17, 15) is 4.39 Å². The maximum Gasteiger partial charge on any atom is 0.102 e. The van der Waals surface area contributed by atoms with Crippen molar-refractivity contribution in [2.24, 2.45) is 0 Å². The van der Waals surface area contributed by atoms with Gasteiger partial charge in [0, 0.05) is 19.7 Å². The molecule has 0 aromatic rings. The van der Waals surface area contributed by atoms with Gasteiger partial charge in [0.15, 0.2) is 0 Å². The molecular weight excluding hydrogens is 169 g/mol. The lowest BCUT2D eigenvalue weighted by molar-refractivity contribution is 0.111. The fraction of sp³-hybridized carbons (Fsp3) is 1.00. The number of halogens is 1. The fourth-order valence-corrected chi connectivity index (χ4v) is 1.68. The molecule has 1 unspecified atom stereocenters. The van der Waals surface area contributed by atoms with E-state index in [0.717, 1.165) is 19.6 Å². The first-order valence-corrected chi connectivity index (χ1v) is 5.17. The van der Waals surface area contributed by atoms with Crippen molar-refractivity contribution in [3.05, 3.63) is 0 Å². The monoisotopic (exact) mass is 191 g/mol. The molecule has 0 aromatic carbocycles. The SMILES string of the molecule is CC.COCC1CCCN1CCF. The van der Waals surface area contributed by atoms with Gasteiger partial charge in [-0.1, -0.05) is 13.8 Å². The average molecular weight is 191 g/mol. The Kier molecular flexibility index (Phi) is 8.35. The molecule has 0 bridgehead atoms. The predicted molar refractivity (Wildman–Crippen MR) is 53.8 cm³/mol. The van der Waals surface area contributed by atoms with Crippen LogP contribution in [0, 0.1) is 0 Å². The molecule has 13 heavy (non-hydrogen) atoms. The molecule has 3 heteroatoms. The zero-order valence-electron chi connectivity index (χ0n) is 9.05. The maximum absolute atomic E-state index is 12.0. The number of likely N-dealkylation sites (tertiary alicyclic amines) is 1. The van der Waals surface area contributed by atoms with E-state index in [0.29, 0.717) is 12.6 Å². The van der Waals surface area contributed by atoms with Crippen molar-refractivity contribution in [3.63, 3.8) is 0 Å². The summed E-state index contributed by atoms with van der Waals surface area (Å²) in [5.74, 6) is 0. The third-order valence-corrected chi connectivity index (χ3v) is 2.23. The molecular formula is C10H22FNO. The molecule has 1 aliphatic rings. The van der Waals surface area contributed by atoms with E-state index in [4.69, 9.17) is 4.74 Å². The molecule has 0 aliphatic carbocycles. The fourth-order valence-electron chi connectivity index (χ4n) is 1.68. The molecule has 0 N–H and O–H groups in total. The minimum absolute atomic E-state index is 0.236. The van der Waals surface area contributed by atoms with Crippen LogP contribution in [0.1, 0.15) is 26.7 Å². The molecule has 2 nitrogen and oxygen atoms in total. The van der Waals surface area contributed by atoms with Gasteiger partial charge in [-0.3, -0.25) is 4.90 Å². The number of rotatable bonds is 4. The normalized spacial score (nSPS) is 22.6. The van der Waals surface area contributed by atoms with E-state index in [1.165, 1.54) is 6.42 Å². The van der Waals surface area contributed by atoms with Crippen LogP contribution in [-0.4, -0.2) is 44.4 Å². The quantitative estimate of drug-likeness (QED) is 0.674. The summed E-state index contributed by atoms with van der Waals surface area (Å²) in [5.41, 5.74) is 0. The molecule has 1 heterocycles. The highest BCUT2D eigenvalue weighted by Crippen LogP contribution is 2.16. The Morgan fingerprint density at radius 1 is 1.46 bits per heavy atom. The summed E-state index contributed by atoms with van der Waals surface area (Å²) >= 11 is 0. The number of methoxy groups -OCH3 is 1. The summed E-state index contributed by atoms with van der Waals surface area (Å²) in [6.07, 6.45) is 2.35. The van der Waals surface area contributed by atoms with Crippen molar-refractivity contribution in [1.82, 2.24) is 4.90 Å². The summed E-state index contributed by atoms with van der Waals surface area (Å²) in [6.45, 7) is 6.13. The molecule has 0 saturated carbocycles. The summed E-state index contributed by atoms with van der Waals surface area (Å²) in [5, 5.41) is 0. The smallest absolute Gasteiger partial charge is 0.102 e. The number of hydrogen-bond acceptors (Lipinski definition) is 2. The molecule has 0 spiro atoms. The van der Waals surface area contributed by atoms with E-state index < -0.39 is 0 Å².